The van der Waals surface area contributed by atoms with Crippen molar-refractivity contribution in [3.05, 3.63) is 45.9 Å². The smallest absolute Gasteiger partial charge is 0.292 e. The Morgan fingerprint density at radius 1 is 1.47 bits per heavy atom. The Kier molecular flexibility index (Phi) is 2.73. The monoisotopic (exact) mass is 236 g/mol. The van der Waals surface area contributed by atoms with E-state index < -0.39 is 10.7 Å². The zero-order valence-corrected chi connectivity index (χ0v) is 8.90. The first-order chi connectivity index (χ1) is 8.06. The minimum absolute atomic E-state index is 0.0708. The van der Waals surface area contributed by atoms with E-state index in [0.29, 0.717) is 5.82 Å². The van der Waals surface area contributed by atoms with E-state index in [9.17, 15) is 14.5 Å². The Balaban J connectivity index is 2.37. The summed E-state index contributed by atoms with van der Waals surface area (Å²) in [5.74, 6) is -0.151. The van der Waals surface area contributed by atoms with Crippen molar-refractivity contribution >= 4 is 17.2 Å². The molecular formula is C10H9FN4O2. The maximum absolute atomic E-state index is 13.0. The normalized spacial score (nSPS) is 10.2. The molecule has 0 saturated carbocycles. The lowest BCUT2D eigenvalue weighted by Gasteiger charge is -2.03. The van der Waals surface area contributed by atoms with Gasteiger partial charge in [0, 0.05) is 23.9 Å². The maximum Gasteiger partial charge on any atom is 0.292 e. The van der Waals surface area contributed by atoms with Gasteiger partial charge in [0.15, 0.2) is 5.82 Å². The number of hydrogen-bond acceptors (Lipinski definition) is 4. The number of rotatable bonds is 3. The fraction of sp³-hybridized carbons (Fsp3) is 0.100. The van der Waals surface area contributed by atoms with Crippen LogP contribution in [-0.4, -0.2) is 15.1 Å². The van der Waals surface area contributed by atoms with Gasteiger partial charge in [-0.05, 0) is 13.0 Å². The van der Waals surface area contributed by atoms with Crippen LogP contribution in [0, 0.1) is 22.9 Å². The summed E-state index contributed by atoms with van der Waals surface area (Å²) in [6.07, 6.45) is 0. The van der Waals surface area contributed by atoms with Crippen LogP contribution in [0.15, 0.2) is 24.3 Å². The van der Waals surface area contributed by atoms with E-state index in [1.807, 2.05) is 0 Å². The molecule has 0 aliphatic heterocycles. The molecule has 2 N–H and O–H groups in total. The summed E-state index contributed by atoms with van der Waals surface area (Å²) < 4.78 is 13.0. The number of aromatic nitrogens is 2. The number of halogens is 1. The predicted octanol–water partition coefficient (Wildman–Crippen LogP) is 2.51. The third-order valence-corrected chi connectivity index (χ3v) is 2.12. The number of aromatic amines is 1. The SMILES string of the molecule is Cc1cc(Nc2cc(F)ccc2[N+](=O)[O-])n[nH]1. The van der Waals surface area contributed by atoms with E-state index in [1.54, 1.807) is 13.0 Å². The van der Waals surface area contributed by atoms with Gasteiger partial charge in [-0.25, -0.2) is 4.39 Å². The molecule has 0 aliphatic rings. The lowest BCUT2D eigenvalue weighted by Crippen LogP contribution is -1.98. The number of anilines is 2. The van der Waals surface area contributed by atoms with Crippen LogP contribution in [0.4, 0.5) is 21.6 Å². The van der Waals surface area contributed by atoms with Crippen LogP contribution in [-0.2, 0) is 0 Å². The van der Waals surface area contributed by atoms with Gasteiger partial charge in [-0.15, -0.1) is 0 Å². The fourth-order valence-electron chi connectivity index (χ4n) is 1.39. The molecule has 17 heavy (non-hydrogen) atoms. The van der Waals surface area contributed by atoms with Crippen LogP contribution in [0.5, 0.6) is 0 Å². The number of nitro groups is 1. The van der Waals surface area contributed by atoms with E-state index >= 15 is 0 Å². The highest BCUT2D eigenvalue weighted by Gasteiger charge is 2.15. The van der Waals surface area contributed by atoms with Crippen LogP contribution >= 0.6 is 0 Å². The second kappa shape index (κ2) is 4.20. The molecule has 0 saturated heterocycles. The van der Waals surface area contributed by atoms with Gasteiger partial charge in [-0.1, -0.05) is 0 Å². The van der Waals surface area contributed by atoms with Gasteiger partial charge in [-0.3, -0.25) is 15.2 Å². The van der Waals surface area contributed by atoms with Crippen molar-refractivity contribution < 1.29 is 9.31 Å². The lowest BCUT2D eigenvalue weighted by atomic mass is 10.2. The number of hydrogen-bond donors (Lipinski definition) is 2. The van der Waals surface area contributed by atoms with Gasteiger partial charge in [-0.2, -0.15) is 5.10 Å². The Morgan fingerprint density at radius 3 is 2.82 bits per heavy atom. The highest BCUT2D eigenvalue weighted by Crippen LogP contribution is 2.27. The van der Waals surface area contributed by atoms with Crippen LogP contribution in [0.25, 0.3) is 0 Å². The number of benzene rings is 1. The molecule has 1 aromatic heterocycles. The molecule has 0 fully saturated rings. The van der Waals surface area contributed by atoms with Crippen molar-refractivity contribution in [1.29, 1.82) is 0 Å². The number of H-pyrrole nitrogens is 1. The van der Waals surface area contributed by atoms with Crippen molar-refractivity contribution in [3.63, 3.8) is 0 Å². The number of aryl methyl sites for hydroxylation is 1. The van der Waals surface area contributed by atoms with Crippen LogP contribution in [0.1, 0.15) is 5.69 Å². The molecule has 1 aromatic carbocycles. The largest absolute Gasteiger partial charge is 0.333 e. The molecule has 0 aliphatic carbocycles. The molecule has 6 nitrogen and oxygen atoms in total. The molecule has 2 aromatic rings. The quantitative estimate of drug-likeness (QED) is 0.633. The zero-order chi connectivity index (χ0) is 12.4. The second-order valence-corrected chi connectivity index (χ2v) is 3.48. The van der Waals surface area contributed by atoms with Crippen molar-refractivity contribution in [2.24, 2.45) is 0 Å². The Labute approximate surface area is 95.6 Å². The summed E-state index contributed by atoms with van der Waals surface area (Å²) in [6, 6.07) is 4.87. The fourth-order valence-corrected chi connectivity index (χ4v) is 1.39. The number of nitrogens with zero attached hydrogens (tertiary/aromatic N) is 2. The molecule has 2 rings (SSSR count). The molecule has 0 spiro atoms. The average Bonchev–Trinajstić information content (AvgIpc) is 2.63. The molecule has 0 amide bonds. The van der Waals surface area contributed by atoms with E-state index in [2.05, 4.69) is 15.5 Å². The Morgan fingerprint density at radius 2 is 2.24 bits per heavy atom. The molecule has 0 bridgehead atoms. The van der Waals surface area contributed by atoms with Gasteiger partial charge in [0.05, 0.1) is 4.92 Å². The predicted molar refractivity (Wildman–Crippen MR) is 59.7 cm³/mol. The summed E-state index contributed by atoms with van der Waals surface area (Å²) in [7, 11) is 0. The highest BCUT2D eigenvalue weighted by atomic mass is 19.1. The topological polar surface area (TPSA) is 83.8 Å². The van der Waals surface area contributed by atoms with Gasteiger partial charge in [0.25, 0.3) is 5.69 Å². The summed E-state index contributed by atoms with van der Waals surface area (Å²) in [5, 5.41) is 20.0. The summed E-state index contributed by atoms with van der Waals surface area (Å²) in [4.78, 5) is 10.2. The average molecular weight is 236 g/mol. The first-order valence-corrected chi connectivity index (χ1v) is 4.79. The minimum atomic E-state index is -0.582. The second-order valence-electron chi connectivity index (χ2n) is 3.48. The lowest BCUT2D eigenvalue weighted by molar-refractivity contribution is -0.384. The summed E-state index contributed by atoms with van der Waals surface area (Å²) in [5.41, 5.74) is 0.667. The van der Waals surface area contributed by atoms with Gasteiger partial charge >= 0.3 is 0 Å². The van der Waals surface area contributed by atoms with E-state index in [0.717, 1.165) is 23.9 Å². The first kappa shape index (κ1) is 11.1. The first-order valence-electron chi connectivity index (χ1n) is 4.79. The molecular weight excluding hydrogens is 227 g/mol. The molecule has 0 unspecified atom stereocenters. The maximum atomic E-state index is 13.0. The van der Waals surface area contributed by atoms with Crippen molar-refractivity contribution in [2.75, 3.05) is 5.32 Å². The van der Waals surface area contributed by atoms with Gasteiger partial charge in [0.2, 0.25) is 0 Å². The standard InChI is InChI=1S/C10H9FN4O2/c1-6-4-10(14-13-6)12-8-5-7(11)2-3-9(8)15(16)17/h2-5H,1H3,(H2,12,13,14). The molecule has 7 heteroatoms. The van der Waals surface area contributed by atoms with Crippen molar-refractivity contribution in [3.8, 4) is 0 Å². The van der Waals surface area contributed by atoms with E-state index in [-0.39, 0.29) is 11.4 Å². The molecule has 0 radical (unpaired) electrons. The number of nitrogens with one attached hydrogen (secondary N) is 2. The van der Waals surface area contributed by atoms with Crippen LogP contribution in [0.2, 0.25) is 0 Å². The Bertz CT molecular complexity index is 567. The molecule has 88 valence electrons. The summed E-state index contributed by atoms with van der Waals surface area (Å²) in [6.45, 7) is 1.79. The van der Waals surface area contributed by atoms with Gasteiger partial charge in [0.1, 0.15) is 11.5 Å². The van der Waals surface area contributed by atoms with Gasteiger partial charge < -0.3 is 5.32 Å². The minimum Gasteiger partial charge on any atom is -0.333 e. The third kappa shape index (κ3) is 2.39. The zero-order valence-electron chi connectivity index (χ0n) is 8.90. The van der Waals surface area contributed by atoms with Crippen LogP contribution < -0.4 is 5.32 Å². The Hall–Kier alpha value is -2.44. The summed E-state index contributed by atoms with van der Waals surface area (Å²) >= 11 is 0. The van der Waals surface area contributed by atoms with Crippen LogP contribution in [0.3, 0.4) is 0 Å². The highest BCUT2D eigenvalue weighted by molar-refractivity contribution is 5.67. The number of nitro benzene ring substituents is 1. The molecule has 1 heterocycles. The van der Waals surface area contributed by atoms with Crippen molar-refractivity contribution in [2.45, 2.75) is 6.92 Å². The third-order valence-electron chi connectivity index (χ3n) is 2.12. The van der Waals surface area contributed by atoms with E-state index in [1.165, 1.54) is 0 Å². The van der Waals surface area contributed by atoms with Crippen molar-refractivity contribution in [1.82, 2.24) is 10.2 Å². The van der Waals surface area contributed by atoms with E-state index in [4.69, 9.17) is 0 Å². The molecule has 0 atom stereocenters.